The molecule has 0 radical (unpaired) electrons. The van der Waals surface area contributed by atoms with Gasteiger partial charge in [-0.15, -0.1) is 0 Å². The minimum atomic E-state index is -0.364. The molecule has 2 aliphatic rings. The number of rotatable bonds is 3. The summed E-state index contributed by atoms with van der Waals surface area (Å²) in [6, 6.07) is 7.91. The van der Waals surface area contributed by atoms with E-state index < -0.39 is 0 Å². The van der Waals surface area contributed by atoms with Crippen LogP contribution in [-0.2, 0) is 16.0 Å². The van der Waals surface area contributed by atoms with Gasteiger partial charge >= 0.3 is 12.0 Å². The van der Waals surface area contributed by atoms with Crippen molar-refractivity contribution < 1.29 is 14.3 Å². The number of fused-ring (bicyclic) bond motifs is 3. The van der Waals surface area contributed by atoms with E-state index in [9.17, 15) is 9.59 Å². The molecule has 1 N–H and O–H groups in total. The van der Waals surface area contributed by atoms with Crippen LogP contribution in [0, 0.1) is 0 Å². The van der Waals surface area contributed by atoms with Crippen LogP contribution in [0.15, 0.2) is 24.3 Å². The first-order valence-electron chi connectivity index (χ1n) is 8.01. The SMILES string of the molecule is CCOC(=O)CN1CC2NCCc3c2n(c2ccccc32)C1=O. The van der Waals surface area contributed by atoms with Crippen LogP contribution in [0.4, 0.5) is 4.79 Å². The van der Waals surface area contributed by atoms with Gasteiger partial charge in [-0.1, -0.05) is 18.2 Å². The molecule has 0 aliphatic carbocycles. The van der Waals surface area contributed by atoms with Crippen LogP contribution in [-0.4, -0.2) is 47.7 Å². The van der Waals surface area contributed by atoms with Gasteiger partial charge in [0.2, 0.25) is 0 Å². The number of aromatic nitrogens is 1. The Morgan fingerprint density at radius 2 is 2.22 bits per heavy atom. The van der Waals surface area contributed by atoms with Crippen molar-refractivity contribution in [2.75, 3.05) is 26.2 Å². The first kappa shape index (κ1) is 14.3. The van der Waals surface area contributed by atoms with Gasteiger partial charge in [-0.3, -0.25) is 9.36 Å². The molecule has 1 atom stereocenters. The first-order chi connectivity index (χ1) is 11.2. The van der Waals surface area contributed by atoms with Crippen molar-refractivity contribution in [3.8, 4) is 0 Å². The number of carbonyl (C=O) groups excluding carboxylic acids is 2. The molecular formula is C17H19N3O3. The molecule has 6 heteroatoms. The quantitative estimate of drug-likeness (QED) is 0.876. The van der Waals surface area contributed by atoms with Gasteiger partial charge in [-0.05, 0) is 31.5 Å². The molecule has 1 amide bonds. The van der Waals surface area contributed by atoms with Crippen LogP contribution in [0.2, 0.25) is 0 Å². The number of esters is 1. The molecule has 1 aromatic heterocycles. The lowest BCUT2D eigenvalue weighted by Gasteiger charge is -2.36. The largest absolute Gasteiger partial charge is 0.465 e. The number of nitrogens with one attached hydrogen (secondary N) is 1. The van der Waals surface area contributed by atoms with E-state index in [1.54, 1.807) is 16.4 Å². The lowest BCUT2D eigenvalue weighted by Crippen LogP contribution is -2.51. The molecule has 4 rings (SSSR count). The van der Waals surface area contributed by atoms with Crippen LogP contribution in [0.25, 0.3) is 10.9 Å². The third-order valence-electron chi connectivity index (χ3n) is 4.61. The van der Waals surface area contributed by atoms with Crippen LogP contribution in [0.1, 0.15) is 24.2 Å². The third-order valence-corrected chi connectivity index (χ3v) is 4.61. The summed E-state index contributed by atoms with van der Waals surface area (Å²) in [5.41, 5.74) is 3.24. The van der Waals surface area contributed by atoms with Gasteiger partial charge in [-0.2, -0.15) is 0 Å². The number of hydrogen-bond donors (Lipinski definition) is 1. The third kappa shape index (κ3) is 2.13. The molecule has 23 heavy (non-hydrogen) atoms. The topological polar surface area (TPSA) is 63.6 Å². The Kier molecular flexibility index (Phi) is 3.34. The van der Waals surface area contributed by atoms with Gasteiger partial charge in [0, 0.05) is 11.9 Å². The van der Waals surface area contributed by atoms with Crippen molar-refractivity contribution in [1.82, 2.24) is 14.8 Å². The molecule has 2 aliphatic heterocycles. The average Bonchev–Trinajstić information content (AvgIpc) is 2.89. The van der Waals surface area contributed by atoms with E-state index in [4.69, 9.17) is 4.74 Å². The molecular weight excluding hydrogens is 294 g/mol. The van der Waals surface area contributed by atoms with E-state index in [0.717, 1.165) is 29.6 Å². The van der Waals surface area contributed by atoms with Crippen LogP contribution < -0.4 is 5.32 Å². The summed E-state index contributed by atoms with van der Waals surface area (Å²) in [6.45, 7) is 3.47. The number of carbonyl (C=O) groups is 2. The fourth-order valence-corrected chi connectivity index (χ4v) is 3.72. The van der Waals surface area contributed by atoms with Crippen molar-refractivity contribution in [1.29, 1.82) is 0 Å². The van der Waals surface area contributed by atoms with Crippen LogP contribution in [0.3, 0.4) is 0 Å². The minimum absolute atomic E-state index is 0.00780. The zero-order valence-corrected chi connectivity index (χ0v) is 13.0. The first-order valence-corrected chi connectivity index (χ1v) is 8.01. The van der Waals surface area contributed by atoms with Crippen molar-refractivity contribution in [3.05, 3.63) is 35.5 Å². The monoisotopic (exact) mass is 313 g/mol. The van der Waals surface area contributed by atoms with Gasteiger partial charge in [0.1, 0.15) is 6.54 Å². The number of benzene rings is 1. The second-order valence-electron chi connectivity index (χ2n) is 5.94. The highest BCUT2D eigenvalue weighted by Gasteiger charge is 2.37. The maximum atomic E-state index is 12.9. The summed E-state index contributed by atoms with van der Waals surface area (Å²) < 4.78 is 6.76. The normalized spacial score (nSPS) is 19.8. The Bertz CT molecular complexity index is 796. The van der Waals surface area contributed by atoms with Crippen molar-refractivity contribution >= 4 is 22.9 Å². The van der Waals surface area contributed by atoms with Crippen molar-refractivity contribution in [2.45, 2.75) is 19.4 Å². The predicted molar refractivity (Wildman–Crippen MR) is 85.4 cm³/mol. The smallest absolute Gasteiger partial charge is 0.329 e. The summed E-state index contributed by atoms with van der Waals surface area (Å²) in [7, 11) is 0. The van der Waals surface area contributed by atoms with Gasteiger partial charge in [0.25, 0.3) is 0 Å². The Hall–Kier alpha value is -2.34. The molecule has 3 heterocycles. The molecule has 1 unspecified atom stereocenters. The zero-order valence-electron chi connectivity index (χ0n) is 13.0. The fraction of sp³-hybridized carbons (Fsp3) is 0.412. The zero-order chi connectivity index (χ0) is 16.0. The lowest BCUT2D eigenvalue weighted by atomic mass is 9.98. The molecule has 1 aromatic carbocycles. The van der Waals surface area contributed by atoms with Crippen LogP contribution in [0.5, 0.6) is 0 Å². The molecule has 2 aromatic rings. The number of hydrogen-bond acceptors (Lipinski definition) is 4. The Balaban J connectivity index is 1.80. The maximum Gasteiger partial charge on any atom is 0.329 e. The van der Waals surface area contributed by atoms with E-state index in [1.807, 2.05) is 18.2 Å². The highest BCUT2D eigenvalue weighted by atomic mass is 16.5. The molecule has 120 valence electrons. The molecule has 6 nitrogen and oxygen atoms in total. The standard InChI is InChI=1S/C17H19N3O3/c1-2-23-15(21)10-19-9-13-16-12(7-8-18-13)11-5-3-4-6-14(11)20(16)17(19)22/h3-6,13,18H,2,7-10H2,1H3. The van der Waals surface area contributed by atoms with Crippen molar-refractivity contribution in [2.24, 2.45) is 0 Å². The van der Waals surface area contributed by atoms with Crippen molar-refractivity contribution in [3.63, 3.8) is 0 Å². The van der Waals surface area contributed by atoms with E-state index in [1.165, 1.54) is 5.56 Å². The average molecular weight is 313 g/mol. The summed E-state index contributed by atoms with van der Waals surface area (Å²) in [5.74, 6) is -0.364. The second-order valence-corrected chi connectivity index (χ2v) is 5.94. The fourth-order valence-electron chi connectivity index (χ4n) is 3.72. The van der Waals surface area contributed by atoms with Gasteiger partial charge < -0.3 is 15.0 Å². The summed E-state index contributed by atoms with van der Waals surface area (Å²) in [6.07, 6.45) is 0.921. The number of amides is 1. The molecule has 0 spiro atoms. The minimum Gasteiger partial charge on any atom is -0.465 e. The van der Waals surface area contributed by atoms with E-state index in [2.05, 4.69) is 11.4 Å². The highest BCUT2D eigenvalue weighted by Crippen LogP contribution is 2.36. The highest BCUT2D eigenvalue weighted by molar-refractivity contribution is 5.97. The summed E-state index contributed by atoms with van der Waals surface area (Å²) >= 11 is 0. The number of nitrogens with zero attached hydrogens (tertiary/aromatic N) is 2. The second kappa shape index (κ2) is 5.38. The van der Waals surface area contributed by atoms with E-state index in [0.29, 0.717) is 13.2 Å². The Labute approximate surface area is 134 Å². The molecule has 0 bridgehead atoms. The molecule has 0 saturated heterocycles. The Morgan fingerprint density at radius 3 is 3.04 bits per heavy atom. The Morgan fingerprint density at radius 1 is 1.39 bits per heavy atom. The van der Waals surface area contributed by atoms with Crippen LogP contribution >= 0.6 is 0 Å². The van der Waals surface area contributed by atoms with Gasteiger partial charge in [0.15, 0.2) is 0 Å². The molecule has 0 fully saturated rings. The summed E-state index contributed by atoms with van der Waals surface area (Å²) in [4.78, 5) is 26.3. The van der Waals surface area contributed by atoms with E-state index >= 15 is 0 Å². The lowest BCUT2D eigenvalue weighted by molar-refractivity contribution is -0.143. The van der Waals surface area contributed by atoms with Gasteiger partial charge in [-0.25, -0.2) is 4.79 Å². The van der Waals surface area contributed by atoms with E-state index in [-0.39, 0.29) is 24.6 Å². The number of ether oxygens (including phenoxy) is 1. The predicted octanol–water partition coefficient (Wildman–Crippen LogP) is 1.67. The number of para-hydroxylation sites is 1. The maximum absolute atomic E-state index is 12.9. The van der Waals surface area contributed by atoms with Gasteiger partial charge in [0.05, 0.1) is 23.9 Å². The summed E-state index contributed by atoms with van der Waals surface area (Å²) in [5, 5.41) is 4.61. The molecule has 0 saturated carbocycles.